The first-order valence-electron chi connectivity index (χ1n) is 6.92. The van der Waals surface area contributed by atoms with Gasteiger partial charge in [-0.15, -0.1) is 0 Å². The van der Waals surface area contributed by atoms with E-state index in [9.17, 15) is 9.90 Å². The van der Waals surface area contributed by atoms with Crippen molar-refractivity contribution in [1.82, 2.24) is 0 Å². The van der Waals surface area contributed by atoms with Gasteiger partial charge < -0.3 is 26.0 Å². The molecule has 116 valence electrons. The molecule has 1 saturated carbocycles. The fraction of sp³-hybridized carbons (Fsp3) is 0.533. The van der Waals surface area contributed by atoms with Crippen LogP contribution < -0.4 is 15.8 Å². The molecule has 2 rings (SSSR count). The molecule has 0 aromatic heterocycles. The molecular formula is C15H22N2O4. The summed E-state index contributed by atoms with van der Waals surface area (Å²) in [7, 11) is 1.48. The maximum Gasteiger partial charge on any atom is 0.336 e. The number of anilines is 2. The number of rotatable bonds is 5. The van der Waals surface area contributed by atoms with Gasteiger partial charge in [0.15, 0.2) is 0 Å². The molecule has 0 spiro atoms. The number of carbonyl (C=O) groups is 1. The smallest absolute Gasteiger partial charge is 0.336 e. The number of hydrogen-bond donors (Lipinski definition) is 4. The third-order valence-corrected chi connectivity index (χ3v) is 4.07. The van der Waals surface area contributed by atoms with Crippen molar-refractivity contribution in [3.05, 3.63) is 17.2 Å². The van der Waals surface area contributed by atoms with Gasteiger partial charge in [0.25, 0.3) is 0 Å². The van der Waals surface area contributed by atoms with Gasteiger partial charge >= 0.3 is 5.97 Å². The molecule has 1 aliphatic rings. The first kappa shape index (κ1) is 15.4. The minimum absolute atomic E-state index is 0.140. The maximum atomic E-state index is 11.2. The minimum Gasteiger partial charge on any atom is -0.494 e. The highest BCUT2D eigenvalue weighted by molar-refractivity contribution is 5.95. The van der Waals surface area contributed by atoms with Gasteiger partial charge in [0, 0.05) is 6.54 Å². The third-order valence-electron chi connectivity index (χ3n) is 4.07. The zero-order chi connectivity index (χ0) is 15.8. The molecule has 0 radical (unpaired) electrons. The summed E-state index contributed by atoms with van der Waals surface area (Å²) in [5.74, 6) is -0.232. The van der Waals surface area contributed by atoms with E-state index in [2.05, 4.69) is 5.32 Å². The fourth-order valence-corrected chi connectivity index (χ4v) is 2.92. The Labute approximate surface area is 123 Å². The summed E-state index contributed by atoms with van der Waals surface area (Å²) in [6, 6.07) is 1.48. The predicted molar refractivity (Wildman–Crippen MR) is 80.9 cm³/mol. The van der Waals surface area contributed by atoms with Crippen LogP contribution in [0.25, 0.3) is 0 Å². The van der Waals surface area contributed by atoms with E-state index in [0.29, 0.717) is 35.2 Å². The number of carboxylic acid groups (broad SMARTS) is 1. The van der Waals surface area contributed by atoms with Crippen molar-refractivity contribution >= 4 is 17.3 Å². The first-order chi connectivity index (χ1) is 9.75. The fourth-order valence-electron chi connectivity index (χ4n) is 2.92. The molecule has 0 atom stereocenters. The Morgan fingerprint density at radius 1 is 1.57 bits per heavy atom. The van der Waals surface area contributed by atoms with Gasteiger partial charge in [0.2, 0.25) is 0 Å². The summed E-state index contributed by atoms with van der Waals surface area (Å²) in [6.07, 6.45) is 1.49. The number of nitrogens with one attached hydrogen (secondary N) is 1. The molecule has 0 unspecified atom stereocenters. The van der Waals surface area contributed by atoms with Gasteiger partial charge in [-0.1, -0.05) is 0 Å². The first-order valence-corrected chi connectivity index (χ1v) is 6.92. The summed E-state index contributed by atoms with van der Waals surface area (Å²) in [4.78, 5) is 11.2. The van der Waals surface area contributed by atoms with Crippen molar-refractivity contribution in [2.45, 2.75) is 32.3 Å². The molecule has 0 saturated heterocycles. The van der Waals surface area contributed by atoms with Crippen LogP contribution in [0.2, 0.25) is 0 Å². The predicted octanol–water partition coefficient (Wildman–Crippen LogP) is 1.86. The number of benzene rings is 1. The van der Waals surface area contributed by atoms with E-state index in [1.807, 2.05) is 6.92 Å². The molecule has 6 heteroatoms. The zero-order valence-electron chi connectivity index (χ0n) is 12.6. The van der Waals surface area contributed by atoms with E-state index in [-0.39, 0.29) is 5.56 Å². The summed E-state index contributed by atoms with van der Waals surface area (Å²) in [6.45, 7) is 4.17. The number of methoxy groups -OCH3 is 1. The van der Waals surface area contributed by atoms with Crippen LogP contribution in [0.5, 0.6) is 5.75 Å². The van der Waals surface area contributed by atoms with E-state index in [0.717, 1.165) is 12.8 Å². The van der Waals surface area contributed by atoms with Crippen LogP contribution in [0.4, 0.5) is 11.4 Å². The van der Waals surface area contributed by atoms with Gasteiger partial charge in [-0.2, -0.15) is 0 Å². The highest BCUT2D eigenvalue weighted by atomic mass is 16.5. The van der Waals surface area contributed by atoms with E-state index in [1.54, 1.807) is 6.92 Å². The molecule has 5 N–H and O–H groups in total. The molecule has 1 aliphatic carbocycles. The maximum absolute atomic E-state index is 11.2. The summed E-state index contributed by atoms with van der Waals surface area (Å²) < 4.78 is 5.24. The van der Waals surface area contributed by atoms with E-state index in [1.165, 1.54) is 13.2 Å². The van der Waals surface area contributed by atoms with Gasteiger partial charge in [0.1, 0.15) is 11.4 Å². The SMILES string of the molecule is COc1cc(C(=O)O)c(C)c(N)c1NCC1CC(C)(O)C1. The molecule has 1 aromatic rings. The van der Waals surface area contributed by atoms with Crippen molar-refractivity contribution in [2.24, 2.45) is 5.92 Å². The number of nitrogens with two attached hydrogens (primary N) is 1. The lowest BCUT2D eigenvalue weighted by Crippen LogP contribution is -2.43. The lowest BCUT2D eigenvalue weighted by molar-refractivity contribution is -0.0523. The average molecular weight is 294 g/mol. The van der Waals surface area contributed by atoms with E-state index in [4.69, 9.17) is 15.6 Å². The molecule has 21 heavy (non-hydrogen) atoms. The third kappa shape index (κ3) is 3.05. The number of carboxylic acids is 1. The Hall–Kier alpha value is -1.95. The van der Waals surface area contributed by atoms with Crippen molar-refractivity contribution in [3.63, 3.8) is 0 Å². The number of ether oxygens (including phenoxy) is 1. The Kier molecular flexibility index (Phi) is 4.00. The van der Waals surface area contributed by atoms with Crippen molar-refractivity contribution < 1.29 is 19.7 Å². The van der Waals surface area contributed by atoms with Crippen molar-refractivity contribution in [1.29, 1.82) is 0 Å². The molecule has 0 heterocycles. The number of hydrogen-bond acceptors (Lipinski definition) is 5. The molecule has 0 bridgehead atoms. The number of nitrogen functional groups attached to an aromatic ring is 1. The van der Waals surface area contributed by atoms with Gasteiger partial charge in [0.05, 0.1) is 24.0 Å². The van der Waals surface area contributed by atoms with Gasteiger partial charge in [-0.25, -0.2) is 4.79 Å². The van der Waals surface area contributed by atoms with Crippen molar-refractivity contribution in [2.75, 3.05) is 24.7 Å². The minimum atomic E-state index is -1.03. The van der Waals surface area contributed by atoms with Gasteiger partial charge in [-0.3, -0.25) is 0 Å². The standard InChI is InChI=1S/C15H22N2O4/c1-8-10(14(18)19)4-11(21-3)13(12(8)16)17-7-9-5-15(2,20)6-9/h4,9,17,20H,5-7,16H2,1-3H3,(H,18,19). The Morgan fingerprint density at radius 3 is 2.67 bits per heavy atom. The highest BCUT2D eigenvalue weighted by Gasteiger charge is 2.38. The number of aliphatic hydroxyl groups is 1. The van der Waals surface area contributed by atoms with E-state index < -0.39 is 11.6 Å². The molecule has 0 amide bonds. The van der Waals surface area contributed by atoms with Crippen LogP contribution in [0.3, 0.4) is 0 Å². The van der Waals surface area contributed by atoms with Crippen molar-refractivity contribution in [3.8, 4) is 5.75 Å². The van der Waals surface area contributed by atoms with Crippen LogP contribution >= 0.6 is 0 Å². The van der Waals surface area contributed by atoms with Gasteiger partial charge in [-0.05, 0) is 44.2 Å². The summed E-state index contributed by atoms with van der Waals surface area (Å²) in [5, 5.41) is 22.1. The molecule has 1 fully saturated rings. The van der Waals surface area contributed by atoms with Crippen LogP contribution in [0.15, 0.2) is 6.07 Å². The summed E-state index contributed by atoms with van der Waals surface area (Å²) in [5.41, 5.74) is 7.14. The molecule has 1 aromatic carbocycles. The lowest BCUT2D eigenvalue weighted by atomic mass is 9.72. The second kappa shape index (κ2) is 5.44. The van der Waals surface area contributed by atoms with Crippen LogP contribution in [-0.4, -0.2) is 35.4 Å². The quantitative estimate of drug-likeness (QED) is 0.618. The van der Waals surface area contributed by atoms with E-state index >= 15 is 0 Å². The highest BCUT2D eigenvalue weighted by Crippen LogP contribution is 2.40. The largest absolute Gasteiger partial charge is 0.494 e. The summed E-state index contributed by atoms with van der Waals surface area (Å²) >= 11 is 0. The Balaban J connectivity index is 2.19. The second-order valence-electron chi connectivity index (χ2n) is 6.00. The average Bonchev–Trinajstić information content (AvgIpc) is 2.37. The zero-order valence-corrected chi connectivity index (χ0v) is 12.6. The second-order valence-corrected chi connectivity index (χ2v) is 6.00. The molecule has 6 nitrogen and oxygen atoms in total. The molecule has 0 aliphatic heterocycles. The number of aromatic carboxylic acids is 1. The Bertz CT molecular complexity index is 561. The van der Waals surface area contributed by atoms with Crippen LogP contribution in [0, 0.1) is 12.8 Å². The molecular weight excluding hydrogens is 272 g/mol. The lowest BCUT2D eigenvalue weighted by Gasteiger charge is -2.41. The normalized spacial score (nSPS) is 24.3. The Morgan fingerprint density at radius 2 is 2.19 bits per heavy atom. The monoisotopic (exact) mass is 294 g/mol. The van der Waals surface area contributed by atoms with Crippen LogP contribution in [0.1, 0.15) is 35.7 Å². The topological polar surface area (TPSA) is 105 Å². The van der Waals surface area contributed by atoms with Crippen LogP contribution in [-0.2, 0) is 0 Å².